The number of hydrogen-bond acceptors (Lipinski definition) is 3. The maximum absolute atomic E-state index is 11.5. The summed E-state index contributed by atoms with van der Waals surface area (Å²) in [5, 5.41) is 0.413. The summed E-state index contributed by atoms with van der Waals surface area (Å²) in [6, 6.07) is 3.26. The van der Waals surface area contributed by atoms with Gasteiger partial charge in [-0.25, -0.2) is 4.79 Å². The van der Waals surface area contributed by atoms with Crippen LogP contribution in [0.15, 0.2) is 29.3 Å². The second-order valence-corrected chi connectivity index (χ2v) is 3.70. The highest BCUT2D eigenvalue weighted by Gasteiger charge is 2.12. The fourth-order valence-corrected chi connectivity index (χ4v) is 1.78. The van der Waals surface area contributed by atoms with E-state index in [1.807, 2.05) is 0 Å². The van der Waals surface area contributed by atoms with Crippen LogP contribution in [-0.2, 0) is 0 Å². The summed E-state index contributed by atoms with van der Waals surface area (Å²) in [5.74, 6) is 1.00. The Morgan fingerprint density at radius 1 is 1.24 bits per heavy atom. The SMILES string of the molecule is COc1cc(OC)c(-n2cc[nH]c2=O)cc1Cl. The van der Waals surface area contributed by atoms with E-state index in [0.717, 1.165) is 0 Å². The first-order valence-corrected chi connectivity index (χ1v) is 5.23. The van der Waals surface area contributed by atoms with Gasteiger partial charge in [0.2, 0.25) is 0 Å². The number of H-pyrrole nitrogens is 1. The van der Waals surface area contributed by atoms with Crippen LogP contribution in [0.1, 0.15) is 0 Å². The smallest absolute Gasteiger partial charge is 0.330 e. The van der Waals surface area contributed by atoms with Crippen molar-refractivity contribution in [1.29, 1.82) is 0 Å². The molecule has 0 aliphatic rings. The molecule has 2 rings (SSSR count). The van der Waals surface area contributed by atoms with Gasteiger partial charge in [0.25, 0.3) is 0 Å². The summed E-state index contributed by atoms with van der Waals surface area (Å²) < 4.78 is 11.7. The lowest BCUT2D eigenvalue weighted by molar-refractivity contribution is 0.393. The highest BCUT2D eigenvalue weighted by molar-refractivity contribution is 6.32. The van der Waals surface area contributed by atoms with Gasteiger partial charge in [-0.15, -0.1) is 0 Å². The fraction of sp³-hybridized carbons (Fsp3) is 0.182. The zero-order valence-corrected chi connectivity index (χ0v) is 10.1. The van der Waals surface area contributed by atoms with Gasteiger partial charge in [-0.3, -0.25) is 4.57 Å². The first kappa shape index (κ1) is 11.6. The molecule has 90 valence electrons. The molecule has 5 nitrogen and oxygen atoms in total. The van der Waals surface area contributed by atoms with Gasteiger partial charge in [0.05, 0.1) is 24.9 Å². The zero-order valence-electron chi connectivity index (χ0n) is 9.36. The Kier molecular flexibility index (Phi) is 3.10. The summed E-state index contributed by atoms with van der Waals surface area (Å²) in [6.45, 7) is 0. The number of aromatic amines is 1. The molecular weight excluding hydrogens is 244 g/mol. The zero-order chi connectivity index (χ0) is 12.4. The van der Waals surface area contributed by atoms with Crippen molar-refractivity contribution in [2.45, 2.75) is 0 Å². The molecule has 0 bridgehead atoms. The number of hydrogen-bond donors (Lipinski definition) is 1. The average molecular weight is 255 g/mol. The number of rotatable bonds is 3. The third-order valence-electron chi connectivity index (χ3n) is 2.36. The fourth-order valence-electron chi connectivity index (χ4n) is 1.54. The van der Waals surface area contributed by atoms with E-state index in [9.17, 15) is 4.79 Å². The van der Waals surface area contributed by atoms with Gasteiger partial charge in [-0.1, -0.05) is 11.6 Å². The van der Waals surface area contributed by atoms with Gasteiger partial charge in [0.1, 0.15) is 11.5 Å². The molecule has 1 aromatic heterocycles. The van der Waals surface area contributed by atoms with E-state index in [1.165, 1.54) is 18.8 Å². The predicted molar refractivity (Wildman–Crippen MR) is 64.5 cm³/mol. The van der Waals surface area contributed by atoms with Crippen molar-refractivity contribution in [3.8, 4) is 17.2 Å². The van der Waals surface area contributed by atoms with Crippen LogP contribution in [0, 0.1) is 0 Å². The van der Waals surface area contributed by atoms with E-state index in [4.69, 9.17) is 21.1 Å². The normalized spacial score (nSPS) is 10.3. The van der Waals surface area contributed by atoms with Gasteiger partial charge in [0.15, 0.2) is 0 Å². The number of imidazole rings is 1. The predicted octanol–water partition coefficient (Wildman–Crippen LogP) is 1.84. The molecule has 0 fully saturated rings. The molecule has 1 heterocycles. The van der Waals surface area contributed by atoms with Crippen LogP contribution < -0.4 is 15.2 Å². The maximum Gasteiger partial charge on any atom is 0.330 e. The molecule has 1 N–H and O–H groups in total. The number of halogens is 1. The first-order valence-electron chi connectivity index (χ1n) is 4.85. The second kappa shape index (κ2) is 4.55. The van der Waals surface area contributed by atoms with Gasteiger partial charge in [0, 0.05) is 18.5 Å². The number of methoxy groups -OCH3 is 2. The number of nitrogens with one attached hydrogen (secondary N) is 1. The number of benzene rings is 1. The second-order valence-electron chi connectivity index (χ2n) is 3.29. The van der Waals surface area contributed by atoms with Crippen molar-refractivity contribution in [3.63, 3.8) is 0 Å². The minimum atomic E-state index is -0.260. The molecule has 0 amide bonds. The number of nitrogens with zero attached hydrogens (tertiary/aromatic N) is 1. The van der Waals surface area contributed by atoms with E-state index in [-0.39, 0.29) is 5.69 Å². The molecule has 2 aromatic rings. The van der Waals surface area contributed by atoms with Crippen molar-refractivity contribution in [3.05, 3.63) is 40.0 Å². The van der Waals surface area contributed by atoms with Crippen molar-refractivity contribution in [1.82, 2.24) is 9.55 Å². The minimum Gasteiger partial charge on any atom is -0.495 e. The lowest BCUT2D eigenvalue weighted by Crippen LogP contribution is -2.14. The minimum absolute atomic E-state index is 0.260. The summed E-state index contributed by atoms with van der Waals surface area (Å²) in [5.41, 5.74) is 0.300. The van der Waals surface area contributed by atoms with Crippen LogP contribution in [0.3, 0.4) is 0 Å². The molecular formula is C11H11ClN2O3. The highest BCUT2D eigenvalue weighted by Crippen LogP contribution is 2.33. The quantitative estimate of drug-likeness (QED) is 0.909. The summed E-state index contributed by atoms with van der Waals surface area (Å²) in [6.07, 6.45) is 3.14. The van der Waals surface area contributed by atoms with Gasteiger partial charge >= 0.3 is 5.69 Å². The van der Waals surface area contributed by atoms with Gasteiger partial charge < -0.3 is 14.5 Å². The number of ether oxygens (including phenoxy) is 2. The van der Waals surface area contributed by atoms with Crippen LogP contribution in [0.5, 0.6) is 11.5 Å². The van der Waals surface area contributed by atoms with Crippen LogP contribution in [0.4, 0.5) is 0 Å². The van der Waals surface area contributed by atoms with Crippen LogP contribution in [0.25, 0.3) is 5.69 Å². The van der Waals surface area contributed by atoms with E-state index >= 15 is 0 Å². The molecule has 0 saturated carbocycles. The van der Waals surface area contributed by atoms with Crippen LogP contribution in [-0.4, -0.2) is 23.8 Å². The van der Waals surface area contributed by atoms with E-state index in [2.05, 4.69) is 4.98 Å². The molecule has 0 aliphatic carbocycles. The maximum atomic E-state index is 11.5. The van der Waals surface area contributed by atoms with E-state index in [0.29, 0.717) is 22.2 Å². The molecule has 6 heteroatoms. The Morgan fingerprint density at radius 3 is 2.47 bits per heavy atom. The molecule has 0 atom stereocenters. The molecule has 17 heavy (non-hydrogen) atoms. The van der Waals surface area contributed by atoms with Crippen molar-refractivity contribution >= 4 is 11.6 Å². The Labute approximate surface area is 103 Å². The summed E-state index contributed by atoms with van der Waals surface area (Å²) in [4.78, 5) is 14.1. The van der Waals surface area contributed by atoms with Crippen LogP contribution in [0.2, 0.25) is 5.02 Å². The van der Waals surface area contributed by atoms with Crippen molar-refractivity contribution in [2.24, 2.45) is 0 Å². The monoisotopic (exact) mass is 254 g/mol. The van der Waals surface area contributed by atoms with E-state index < -0.39 is 0 Å². The Morgan fingerprint density at radius 2 is 1.94 bits per heavy atom. The van der Waals surface area contributed by atoms with Gasteiger partial charge in [-0.2, -0.15) is 0 Å². The van der Waals surface area contributed by atoms with Crippen LogP contribution >= 0.6 is 11.6 Å². The third kappa shape index (κ3) is 2.01. The molecule has 1 aromatic carbocycles. The Bertz CT molecular complexity index is 589. The standard InChI is InChI=1S/C11H11ClN2O3/c1-16-9-6-10(17-2)8(5-7(9)12)14-4-3-13-11(14)15/h3-6H,1-2H3,(H,13,15). The molecule has 0 spiro atoms. The van der Waals surface area contributed by atoms with Crippen molar-refractivity contribution in [2.75, 3.05) is 14.2 Å². The average Bonchev–Trinajstić information content (AvgIpc) is 2.75. The molecule has 0 unspecified atom stereocenters. The summed E-state index contributed by atoms with van der Waals surface area (Å²) in [7, 11) is 3.03. The van der Waals surface area contributed by atoms with E-state index in [1.54, 1.807) is 24.5 Å². The first-order chi connectivity index (χ1) is 8.17. The summed E-state index contributed by atoms with van der Waals surface area (Å²) >= 11 is 6.02. The molecule has 0 saturated heterocycles. The largest absolute Gasteiger partial charge is 0.495 e. The molecule has 0 radical (unpaired) electrons. The number of aromatic nitrogens is 2. The van der Waals surface area contributed by atoms with Gasteiger partial charge in [-0.05, 0) is 6.07 Å². The third-order valence-corrected chi connectivity index (χ3v) is 2.66. The Hall–Kier alpha value is -1.88. The lowest BCUT2D eigenvalue weighted by atomic mass is 10.2. The van der Waals surface area contributed by atoms with Crippen molar-refractivity contribution < 1.29 is 9.47 Å². The Balaban J connectivity index is 2.66. The highest BCUT2D eigenvalue weighted by atomic mass is 35.5. The molecule has 0 aliphatic heterocycles. The topological polar surface area (TPSA) is 56.2 Å². The lowest BCUT2D eigenvalue weighted by Gasteiger charge is -2.11.